The third-order valence-electron chi connectivity index (χ3n) is 3.04. The molecular formula is C16H26O6. The molecule has 0 atom stereocenters. The summed E-state index contributed by atoms with van der Waals surface area (Å²) in [5.74, 6) is -0.779. The molecule has 22 heavy (non-hydrogen) atoms. The lowest BCUT2D eigenvalue weighted by molar-refractivity contribution is -0.155. The van der Waals surface area contributed by atoms with Crippen molar-refractivity contribution in [2.24, 2.45) is 0 Å². The summed E-state index contributed by atoms with van der Waals surface area (Å²) in [6.07, 6.45) is 4.90. The zero-order valence-corrected chi connectivity index (χ0v) is 13.5. The zero-order valence-electron chi connectivity index (χ0n) is 13.5. The molecule has 0 saturated heterocycles. The van der Waals surface area contributed by atoms with Crippen LogP contribution in [0.15, 0.2) is 0 Å². The monoisotopic (exact) mass is 314 g/mol. The van der Waals surface area contributed by atoms with Crippen LogP contribution in [0.4, 0.5) is 0 Å². The molecule has 0 N–H and O–H groups in total. The molecule has 0 aromatic carbocycles. The van der Waals surface area contributed by atoms with E-state index >= 15 is 0 Å². The van der Waals surface area contributed by atoms with Gasteiger partial charge < -0.3 is 9.47 Å². The first-order valence-corrected chi connectivity index (χ1v) is 7.63. The van der Waals surface area contributed by atoms with Crippen molar-refractivity contribution in [3.8, 4) is 0 Å². The molecular weight excluding hydrogens is 288 g/mol. The molecule has 0 aromatic heterocycles. The Morgan fingerprint density at radius 3 is 1.77 bits per heavy atom. The second-order valence-corrected chi connectivity index (χ2v) is 5.32. The highest BCUT2D eigenvalue weighted by atomic mass is 16.7. The van der Waals surface area contributed by atoms with E-state index in [1.807, 2.05) is 0 Å². The molecule has 0 amide bonds. The van der Waals surface area contributed by atoms with E-state index < -0.39 is 5.97 Å². The summed E-state index contributed by atoms with van der Waals surface area (Å²) in [6.45, 7) is 1.29. The van der Waals surface area contributed by atoms with Crippen molar-refractivity contribution in [1.82, 2.24) is 0 Å². The van der Waals surface area contributed by atoms with Crippen LogP contribution in [0.2, 0.25) is 0 Å². The average Bonchev–Trinajstić information content (AvgIpc) is 2.43. The van der Waals surface area contributed by atoms with Gasteiger partial charge in [-0.05, 0) is 19.8 Å². The van der Waals surface area contributed by atoms with Crippen LogP contribution < -0.4 is 0 Å². The number of hydrogen-bond donors (Lipinski definition) is 0. The van der Waals surface area contributed by atoms with Gasteiger partial charge in [0.05, 0.1) is 6.42 Å². The lowest BCUT2D eigenvalue weighted by atomic mass is 10.0. The number of methoxy groups -OCH3 is 1. The molecule has 0 aliphatic rings. The maximum absolute atomic E-state index is 11.5. The van der Waals surface area contributed by atoms with Gasteiger partial charge in [-0.25, -0.2) is 0 Å². The third-order valence-corrected chi connectivity index (χ3v) is 3.04. The van der Waals surface area contributed by atoms with E-state index in [4.69, 9.17) is 0 Å². The summed E-state index contributed by atoms with van der Waals surface area (Å²) >= 11 is 0. The summed E-state index contributed by atoms with van der Waals surface area (Å²) in [5, 5.41) is 0. The largest absolute Gasteiger partial charge is 0.438 e. The standard InChI is InChI=1S/C16H26O6/c1-13(17)10-14(18)8-6-4-3-5-7-9-15(19)11-16(20)22-12-21-2/h3-12H2,1-2H3. The molecule has 0 aliphatic heterocycles. The molecule has 6 nitrogen and oxygen atoms in total. The topological polar surface area (TPSA) is 86.7 Å². The maximum Gasteiger partial charge on any atom is 0.315 e. The predicted molar refractivity (Wildman–Crippen MR) is 80.2 cm³/mol. The number of esters is 1. The number of ketones is 3. The molecule has 0 saturated carbocycles. The first-order valence-electron chi connectivity index (χ1n) is 7.63. The number of unbranched alkanes of at least 4 members (excludes halogenated alkanes) is 4. The summed E-state index contributed by atoms with van der Waals surface area (Å²) < 4.78 is 9.20. The minimum absolute atomic E-state index is 0.00255. The molecule has 126 valence electrons. The number of rotatable bonds is 14. The van der Waals surface area contributed by atoms with Gasteiger partial charge in [0.1, 0.15) is 23.8 Å². The first-order chi connectivity index (χ1) is 10.5. The van der Waals surface area contributed by atoms with Gasteiger partial charge in [0.2, 0.25) is 0 Å². The number of carbonyl (C=O) groups excluding carboxylic acids is 4. The Morgan fingerprint density at radius 1 is 0.773 bits per heavy atom. The van der Waals surface area contributed by atoms with Gasteiger partial charge in [-0.3, -0.25) is 19.2 Å². The fraction of sp³-hybridized carbons (Fsp3) is 0.750. The van der Waals surface area contributed by atoms with Crippen LogP contribution in [-0.4, -0.2) is 37.2 Å². The van der Waals surface area contributed by atoms with Crippen LogP contribution >= 0.6 is 0 Å². The van der Waals surface area contributed by atoms with E-state index in [0.29, 0.717) is 12.8 Å². The van der Waals surface area contributed by atoms with Crippen molar-refractivity contribution >= 4 is 23.3 Å². The Morgan fingerprint density at radius 2 is 1.27 bits per heavy atom. The molecule has 0 heterocycles. The van der Waals surface area contributed by atoms with Gasteiger partial charge in [-0.2, -0.15) is 0 Å². The first kappa shape index (κ1) is 20.4. The summed E-state index contributed by atoms with van der Waals surface area (Å²) in [4.78, 5) is 44.7. The van der Waals surface area contributed by atoms with Gasteiger partial charge in [0.15, 0.2) is 6.79 Å². The predicted octanol–water partition coefficient (Wildman–Crippen LogP) is 2.37. The van der Waals surface area contributed by atoms with Crippen LogP contribution in [0.25, 0.3) is 0 Å². The fourth-order valence-electron chi connectivity index (χ4n) is 1.97. The van der Waals surface area contributed by atoms with Gasteiger partial charge in [-0.15, -0.1) is 0 Å². The van der Waals surface area contributed by atoms with E-state index in [1.54, 1.807) is 0 Å². The Hall–Kier alpha value is -1.56. The van der Waals surface area contributed by atoms with Crippen molar-refractivity contribution in [2.75, 3.05) is 13.9 Å². The van der Waals surface area contributed by atoms with Crippen LogP contribution in [-0.2, 0) is 28.7 Å². The molecule has 0 radical (unpaired) electrons. The summed E-state index contributed by atoms with van der Waals surface area (Å²) in [5.41, 5.74) is 0. The van der Waals surface area contributed by atoms with Crippen molar-refractivity contribution in [3.63, 3.8) is 0 Å². The molecule has 0 bridgehead atoms. The van der Waals surface area contributed by atoms with Crippen molar-refractivity contribution < 1.29 is 28.7 Å². The van der Waals surface area contributed by atoms with Crippen LogP contribution in [0.5, 0.6) is 0 Å². The second-order valence-electron chi connectivity index (χ2n) is 5.32. The Balaban J connectivity index is 3.45. The molecule has 0 fully saturated rings. The number of hydrogen-bond acceptors (Lipinski definition) is 6. The molecule has 6 heteroatoms. The van der Waals surface area contributed by atoms with Crippen molar-refractivity contribution in [3.05, 3.63) is 0 Å². The van der Waals surface area contributed by atoms with E-state index in [0.717, 1.165) is 32.1 Å². The third kappa shape index (κ3) is 13.4. The highest BCUT2D eigenvalue weighted by molar-refractivity contribution is 5.97. The molecule has 0 aliphatic carbocycles. The van der Waals surface area contributed by atoms with Gasteiger partial charge in [0, 0.05) is 20.0 Å². The van der Waals surface area contributed by atoms with Gasteiger partial charge in [0.25, 0.3) is 0 Å². The summed E-state index contributed by atoms with van der Waals surface area (Å²) in [7, 11) is 1.41. The van der Waals surface area contributed by atoms with Gasteiger partial charge >= 0.3 is 5.97 Å². The number of ether oxygens (including phenoxy) is 2. The zero-order chi connectivity index (χ0) is 16.8. The normalized spacial score (nSPS) is 10.3. The molecule has 0 aromatic rings. The smallest absolute Gasteiger partial charge is 0.315 e. The SMILES string of the molecule is COCOC(=O)CC(=O)CCCCCCCC(=O)CC(C)=O. The lowest BCUT2D eigenvalue weighted by Crippen LogP contribution is -2.12. The molecule has 0 unspecified atom stereocenters. The van der Waals surface area contributed by atoms with Crippen LogP contribution in [0.3, 0.4) is 0 Å². The highest BCUT2D eigenvalue weighted by Crippen LogP contribution is 2.09. The Bertz CT molecular complexity index is 375. The van der Waals surface area contributed by atoms with E-state index in [-0.39, 0.29) is 37.0 Å². The lowest BCUT2D eigenvalue weighted by Gasteiger charge is -2.03. The van der Waals surface area contributed by atoms with E-state index in [2.05, 4.69) is 9.47 Å². The maximum atomic E-state index is 11.5. The average molecular weight is 314 g/mol. The number of carbonyl (C=O) groups is 4. The minimum atomic E-state index is -0.559. The van der Waals surface area contributed by atoms with Crippen molar-refractivity contribution in [2.45, 2.75) is 64.7 Å². The molecule has 0 spiro atoms. The van der Waals surface area contributed by atoms with Crippen LogP contribution in [0.1, 0.15) is 64.7 Å². The minimum Gasteiger partial charge on any atom is -0.438 e. The van der Waals surface area contributed by atoms with Gasteiger partial charge in [-0.1, -0.05) is 19.3 Å². The van der Waals surface area contributed by atoms with Crippen LogP contribution in [0, 0.1) is 0 Å². The fourth-order valence-corrected chi connectivity index (χ4v) is 1.97. The van der Waals surface area contributed by atoms with Crippen molar-refractivity contribution in [1.29, 1.82) is 0 Å². The Labute approximate surface area is 131 Å². The Kier molecular flexibility index (Phi) is 12.2. The van der Waals surface area contributed by atoms with E-state index in [9.17, 15) is 19.2 Å². The summed E-state index contributed by atoms with van der Waals surface area (Å²) in [6, 6.07) is 0. The second kappa shape index (κ2) is 13.1. The highest BCUT2D eigenvalue weighted by Gasteiger charge is 2.10. The molecule has 0 rings (SSSR count). The number of Topliss-reactive ketones (excluding diaryl/α,β-unsaturated/α-hetero) is 3. The quantitative estimate of drug-likeness (QED) is 0.212. The van der Waals surface area contributed by atoms with E-state index in [1.165, 1.54) is 14.0 Å².